The molecule has 1 heterocycles. The molecule has 0 amide bonds. The van der Waals surface area contributed by atoms with Crippen LogP contribution in [0.4, 0.5) is 0 Å². The average Bonchev–Trinajstić information content (AvgIpc) is 2.89. The molecule has 3 N–H and O–H groups in total. The maximum atomic E-state index is 8.84. The van der Waals surface area contributed by atoms with E-state index in [1.54, 1.807) is 0 Å². The lowest BCUT2D eigenvalue weighted by Crippen LogP contribution is -2.19. The first-order valence-electron chi connectivity index (χ1n) is 6.77. The maximum Gasteiger partial charge on any atom is 0.123 e. The summed E-state index contributed by atoms with van der Waals surface area (Å²) in [6, 6.07) is 8.06. The number of aromatic amines is 1. The van der Waals surface area contributed by atoms with E-state index in [2.05, 4.69) is 22.4 Å². The van der Waals surface area contributed by atoms with E-state index in [1.807, 2.05) is 37.4 Å². The molecule has 20 heavy (non-hydrogen) atoms. The number of hydrogen-bond donors (Lipinski definition) is 3. The van der Waals surface area contributed by atoms with Crippen molar-refractivity contribution in [2.45, 2.75) is 26.4 Å². The number of nitrogens with zero attached hydrogens (tertiary/aromatic N) is 1. The molecule has 0 spiro atoms. The molecule has 108 valence electrons. The molecular weight excluding hydrogens is 254 g/mol. The lowest BCUT2D eigenvalue weighted by atomic mass is 10.1. The molecule has 1 aromatic carbocycles. The van der Waals surface area contributed by atoms with Crippen LogP contribution in [0.2, 0.25) is 0 Å². The Balaban J connectivity index is 1.98. The van der Waals surface area contributed by atoms with Crippen LogP contribution in [0.15, 0.2) is 30.5 Å². The van der Waals surface area contributed by atoms with Gasteiger partial charge in [0.25, 0.3) is 0 Å². The van der Waals surface area contributed by atoms with E-state index in [1.165, 1.54) is 5.56 Å². The average molecular weight is 275 g/mol. The predicted molar refractivity (Wildman–Crippen MR) is 77.6 cm³/mol. The minimum atomic E-state index is 0.0202. The summed E-state index contributed by atoms with van der Waals surface area (Å²) in [5, 5.41) is 19.3. The quantitative estimate of drug-likeness (QED) is 0.722. The molecule has 5 heteroatoms. The summed E-state index contributed by atoms with van der Waals surface area (Å²) in [6.07, 6.45) is 1.85. The Labute approximate surface area is 119 Å². The molecular formula is C15H21N3O2. The zero-order valence-electron chi connectivity index (χ0n) is 11.9. The summed E-state index contributed by atoms with van der Waals surface area (Å²) in [4.78, 5) is 0. The van der Waals surface area contributed by atoms with E-state index in [-0.39, 0.29) is 12.6 Å². The first-order valence-corrected chi connectivity index (χ1v) is 6.77. The van der Waals surface area contributed by atoms with Gasteiger partial charge in [0.1, 0.15) is 12.4 Å². The largest absolute Gasteiger partial charge is 0.491 e. The van der Waals surface area contributed by atoms with Crippen LogP contribution in [0.25, 0.3) is 0 Å². The van der Waals surface area contributed by atoms with Gasteiger partial charge in [-0.15, -0.1) is 0 Å². The topological polar surface area (TPSA) is 70.2 Å². The van der Waals surface area contributed by atoms with Crippen molar-refractivity contribution >= 4 is 0 Å². The Kier molecular flexibility index (Phi) is 5.15. The van der Waals surface area contributed by atoms with Crippen LogP contribution in [0.5, 0.6) is 5.75 Å². The standard InChI is InChI=1S/C15H21N3O2/c1-11(14-10-17-18-12(14)2)16-9-13-5-3-4-6-15(13)20-8-7-19/h3-6,10-11,16,19H,7-9H2,1-2H3,(H,17,18). The molecule has 0 saturated carbocycles. The SMILES string of the molecule is Cc1[nH]ncc1C(C)NCc1ccccc1OCCO. The first-order chi connectivity index (χ1) is 9.72. The van der Waals surface area contributed by atoms with Gasteiger partial charge in [-0.1, -0.05) is 18.2 Å². The van der Waals surface area contributed by atoms with E-state index < -0.39 is 0 Å². The van der Waals surface area contributed by atoms with Crippen molar-refractivity contribution in [2.75, 3.05) is 13.2 Å². The molecule has 1 atom stereocenters. The van der Waals surface area contributed by atoms with Crippen molar-refractivity contribution in [3.63, 3.8) is 0 Å². The second-order valence-corrected chi connectivity index (χ2v) is 4.73. The van der Waals surface area contributed by atoms with Crippen LogP contribution >= 0.6 is 0 Å². The number of ether oxygens (including phenoxy) is 1. The fraction of sp³-hybridized carbons (Fsp3) is 0.400. The van der Waals surface area contributed by atoms with Crippen LogP contribution in [0.3, 0.4) is 0 Å². The van der Waals surface area contributed by atoms with Crippen molar-refractivity contribution in [1.29, 1.82) is 0 Å². The number of aliphatic hydroxyl groups excluding tert-OH is 1. The Morgan fingerprint density at radius 1 is 1.40 bits per heavy atom. The summed E-state index contributed by atoms with van der Waals surface area (Å²) in [7, 11) is 0. The zero-order valence-corrected chi connectivity index (χ0v) is 11.9. The molecule has 0 aliphatic rings. The van der Waals surface area contributed by atoms with E-state index in [0.29, 0.717) is 13.2 Å². The number of rotatable bonds is 7. The van der Waals surface area contributed by atoms with Crippen LogP contribution in [0, 0.1) is 6.92 Å². The van der Waals surface area contributed by atoms with Gasteiger partial charge >= 0.3 is 0 Å². The van der Waals surface area contributed by atoms with Gasteiger partial charge in [-0.25, -0.2) is 0 Å². The number of hydrogen-bond acceptors (Lipinski definition) is 4. The molecule has 2 aromatic rings. The summed E-state index contributed by atoms with van der Waals surface area (Å²) >= 11 is 0. The Bertz CT molecular complexity index is 539. The van der Waals surface area contributed by atoms with E-state index in [4.69, 9.17) is 9.84 Å². The van der Waals surface area contributed by atoms with E-state index >= 15 is 0 Å². The maximum absolute atomic E-state index is 8.84. The molecule has 0 fully saturated rings. The number of aromatic nitrogens is 2. The van der Waals surface area contributed by atoms with Gasteiger partial charge in [-0.3, -0.25) is 5.10 Å². The highest BCUT2D eigenvalue weighted by molar-refractivity contribution is 5.33. The minimum Gasteiger partial charge on any atom is -0.491 e. The third-order valence-electron chi connectivity index (χ3n) is 3.26. The number of aryl methyl sites for hydroxylation is 1. The lowest BCUT2D eigenvalue weighted by molar-refractivity contribution is 0.200. The van der Waals surface area contributed by atoms with Gasteiger partial charge in [0, 0.05) is 29.4 Å². The fourth-order valence-electron chi connectivity index (χ4n) is 2.12. The van der Waals surface area contributed by atoms with Gasteiger partial charge < -0.3 is 15.2 Å². The van der Waals surface area contributed by atoms with E-state index in [0.717, 1.165) is 17.0 Å². The van der Waals surface area contributed by atoms with Gasteiger partial charge in [0.2, 0.25) is 0 Å². The summed E-state index contributed by atoms with van der Waals surface area (Å²) in [5.41, 5.74) is 3.32. The molecule has 0 aliphatic carbocycles. The van der Waals surface area contributed by atoms with Crippen molar-refractivity contribution in [3.05, 3.63) is 47.3 Å². The predicted octanol–water partition coefficient (Wildman–Crippen LogP) is 1.94. The smallest absolute Gasteiger partial charge is 0.123 e. The van der Waals surface area contributed by atoms with Crippen LogP contribution in [-0.2, 0) is 6.54 Å². The third kappa shape index (κ3) is 3.59. The molecule has 0 radical (unpaired) electrons. The fourth-order valence-corrected chi connectivity index (χ4v) is 2.12. The number of H-pyrrole nitrogens is 1. The van der Waals surface area contributed by atoms with E-state index in [9.17, 15) is 0 Å². The first kappa shape index (κ1) is 14.6. The van der Waals surface area contributed by atoms with Crippen LogP contribution in [0.1, 0.15) is 29.8 Å². The summed E-state index contributed by atoms with van der Waals surface area (Å²) in [5.74, 6) is 0.810. The van der Waals surface area contributed by atoms with Crippen molar-refractivity contribution in [3.8, 4) is 5.75 Å². The molecule has 0 saturated heterocycles. The highest BCUT2D eigenvalue weighted by Gasteiger charge is 2.10. The number of para-hydroxylation sites is 1. The minimum absolute atomic E-state index is 0.0202. The lowest BCUT2D eigenvalue weighted by Gasteiger charge is -2.15. The van der Waals surface area contributed by atoms with Gasteiger partial charge in [0.15, 0.2) is 0 Å². The Morgan fingerprint density at radius 3 is 2.90 bits per heavy atom. The highest BCUT2D eigenvalue weighted by atomic mass is 16.5. The second kappa shape index (κ2) is 7.07. The van der Waals surface area contributed by atoms with Crippen LogP contribution < -0.4 is 10.1 Å². The summed E-state index contributed by atoms with van der Waals surface area (Å²) in [6.45, 7) is 5.15. The van der Waals surface area contributed by atoms with Crippen molar-refractivity contribution in [2.24, 2.45) is 0 Å². The Hall–Kier alpha value is -1.85. The van der Waals surface area contributed by atoms with Gasteiger partial charge in [-0.2, -0.15) is 5.10 Å². The molecule has 5 nitrogen and oxygen atoms in total. The molecule has 1 aromatic heterocycles. The van der Waals surface area contributed by atoms with Crippen molar-refractivity contribution in [1.82, 2.24) is 15.5 Å². The van der Waals surface area contributed by atoms with Crippen molar-refractivity contribution < 1.29 is 9.84 Å². The third-order valence-corrected chi connectivity index (χ3v) is 3.26. The van der Waals surface area contributed by atoms with Gasteiger partial charge in [-0.05, 0) is 19.9 Å². The van der Waals surface area contributed by atoms with Crippen LogP contribution in [-0.4, -0.2) is 28.5 Å². The number of benzene rings is 1. The molecule has 2 rings (SSSR count). The van der Waals surface area contributed by atoms with Gasteiger partial charge in [0.05, 0.1) is 12.8 Å². The second-order valence-electron chi connectivity index (χ2n) is 4.73. The Morgan fingerprint density at radius 2 is 2.20 bits per heavy atom. The normalized spacial score (nSPS) is 12.3. The summed E-state index contributed by atoms with van der Waals surface area (Å²) < 4.78 is 5.52. The monoisotopic (exact) mass is 275 g/mol. The molecule has 1 unspecified atom stereocenters. The highest BCUT2D eigenvalue weighted by Crippen LogP contribution is 2.20. The molecule has 0 aliphatic heterocycles. The number of nitrogens with one attached hydrogen (secondary N) is 2. The zero-order chi connectivity index (χ0) is 14.4. The molecule has 0 bridgehead atoms. The number of aliphatic hydroxyl groups is 1.